The zero-order valence-electron chi connectivity index (χ0n) is 12.5. The van der Waals surface area contributed by atoms with Crippen LogP contribution in [-0.2, 0) is 0 Å². The van der Waals surface area contributed by atoms with E-state index in [1.54, 1.807) is 36.4 Å². The van der Waals surface area contributed by atoms with E-state index >= 15 is 0 Å². The fourth-order valence-corrected chi connectivity index (χ4v) is 2.11. The van der Waals surface area contributed by atoms with Crippen molar-refractivity contribution in [3.63, 3.8) is 0 Å². The lowest BCUT2D eigenvalue weighted by molar-refractivity contribution is 0.0124. The maximum atomic E-state index is 12.7. The Morgan fingerprint density at radius 3 is 1.43 bits per heavy atom. The molecule has 3 rings (SSSR count). The quantitative estimate of drug-likeness (QED) is 0.501. The second-order valence-electron chi connectivity index (χ2n) is 4.92. The zero-order valence-corrected chi connectivity index (χ0v) is 12.5. The fourth-order valence-electron chi connectivity index (χ4n) is 2.11. The van der Waals surface area contributed by atoms with Crippen LogP contribution in [0, 0.1) is 0 Å². The number of benzene rings is 3. The Labute approximate surface area is 135 Å². The summed E-state index contributed by atoms with van der Waals surface area (Å²) in [6.07, 6.45) is -1.04. The molecule has 114 valence electrons. The van der Waals surface area contributed by atoms with Crippen molar-refractivity contribution in [3.8, 4) is 11.5 Å². The van der Waals surface area contributed by atoms with Gasteiger partial charge >= 0.3 is 6.29 Å². The van der Waals surface area contributed by atoms with E-state index < -0.39 is 6.29 Å². The van der Waals surface area contributed by atoms with Gasteiger partial charge in [-0.2, -0.15) is 0 Å². The first-order valence-electron chi connectivity index (χ1n) is 7.35. The van der Waals surface area contributed by atoms with Gasteiger partial charge in [0.15, 0.2) is 0 Å². The summed E-state index contributed by atoms with van der Waals surface area (Å²) in [6.45, 7) is 0. The predicted molar refractivity (Wildman–Crippen MR) is 88.7 cm³/mol. The Bertz CT molecular complexity index is 698. The van der Waals surface area contributed by atoms with Gasteiger partial charge in [0.1, 0.15) is 11.5 Å². The van der Waals surface area contributed by atoms with Gasteiger partial charge in [-0.25, -0.2) is 0 Å². The van der Waals surface area contributed by atoms with E-state index in [0.717, 1.165) is 0 Å². The number of ether oxygens (including phenoxy) is 2. The highest BCUT2D eigenvalue weighted by molar-refractivity contribution is 5.98. The molecular formula is C20H16O3. The van der Waals surface area contributed by atoms with E-state index in [4.69, 9.17) is 9.47 Å². The van der Waals surface area contributed by atoms with Crippen LogP contribution in [0.15, 0.2) is 91.0 Å². The van der Waals surface area contributed by atoms with E-state index in [1.165, 1.54) is 0 Å². The van der Waals surface area contributed by atoms with Crippen molar-refractivity contribution in [1.29, 1.82) is 0 Å². The van der Waals surface area contributed by atoms with Gasteiger partial charge in [0, 0.05) is 5.56 Å². The molecule has 3 aromatic carbocycles. The third-order valence-corrected chi connectivity index (χ3v) is 3.25. The van der Waals surface area contributed by atoms with E-state index in [2.05, 4.69) is 0 Å². The average Bonchev–Trinajstić information content (AvgIpc) is 2.63. The molecule has 0 atom stereocenters. The molecule has 0 aliphatic carbocycles. The molecule has 3 nitrogen and oxygen atoms in total. The summed E-state index contributed by atoms with van der Waals surface area (Å²) >= 11 is 0. The molecule has 23 heavy (non-hydrogen) atoms. The van der Waals surface area contributed by atoms with Crippen molar-refractivity contribution >= 4 is 5.78 Å². The van der Waals surface area contributed by atoms with Gasteiger partial charge in [-0.05, 0) is 24.3 Å². The molecule has 0 heterocycles. The Kier molecular flexibility index (Phi) is 4.69. The van der Waals surface area contributed by atoms with Gasteiger partial charge in [0.05, 0.1) is 0 Å². The zero-order chi connectivity index (χ0) is 15.9. The molecule has 3 aromatic rings. The van der Waals surface area contributed by atoms with Crippen LogP contribution in [0.25, 0.3) is 0 Å². The van der Waals surface area contributed by atoms with Crippen LogP contribution < -0.4 is 9.47 Å². The second kappa shape index (κ2) is 7.27. The van der Waals surface area contributed by atoms with Crippen LogP contribution in [0.5, 0.6) is 11.5 Å². The molecule has 0 aliphatic heterocycles. The van der Waals surface area contributed by atoms with Crippen molar-refractivity contribution < 1.29 is 14.3 Å². The van der Waals surface area contributed by atoms with Crippen LogP contribution in [0.1, 0.15) is 10.4 Å². The molecule has 0 fully saturated rings. The topological polar surface area (TPSA) is 35.5 Å². The highest BCUT2D eigenvalue weighted by Crippen LogP contribution is 2.18. The minimum Gasteiger partial charge on any atom is -0.448 e. The number of ketones is 1. The summed E-state index contributed by atoms with van der Waals surface area (Å²) < 4.78 is 11.5. The lowest BCUT2D eigenvalue weighted by Gasteiger charge is -2.19. The largest absolute Gasteiger partial charge is 0.448 e. The Hall–Kier alpha value is -3.07. The first-order chi connectivity index (χ1) is 11.3. The standard InChI is InChI=1S/C20H16O3/c21-19(16-10-4-1-5-11-16)20(22-17-12-6-2-7-13-17)23-18-14-8-3-9-15-18/h1-15,20H. The van der Waals surface area contributed by atoms with Gasteiger partial charge in [0.2, 0.25) is 5.78 Å². The molecule has 0 aliphatic rings. The Morgan fingerprint density at radius 1 is 0.609 bits per heavy atom. The van der Waals surface area contributed by atoms with Crippen molar-refractivity contribution in [2.24, 2.45) is 0 Å². The predicted octanol–water partition coefficient (Wildman–Crippen LogP) is 4.35. The van der Waals surface area contributed by atoms with E-state index in [-0.39, 0.29) is 5.78 Å². The summed E-state index contributed by atoms with van der Waals surface area (Å²) in [7, 11) is 0. The third-order valence-electron chi connectivity index (χ3n) is 3.25. The van der Waals surface area contributed by atoms with Crippen LogP contribution in [-0.4, -0.2) is 12.1 Å². The van der Waals surface area contributed by atoms with Crippen LogP contribution in [0.3, 0.4) is 0 Å². The minimum atomic E-state index is -1.04. The van der Waals surface area contributed by atoms with Gasteiger partial charge in [-0.1, -0.05) is 66.7 Å². The summed E-state index contributed by atoms with van der Waals surface area (Å²) in [6, 6.07) is 27.3. The molecule has 0 unspecified atom stereocenters. The normalized spacial score (nSPS) is 10.3. The molecule has 0 aromatic heterocycles. The van der Waals surface area contributed by atoms with Crippen molar-refractivity contribution in [2.75, 3.05) is 0 Å². The van der Waals surface area contributed by atoms with Crippen LogP contribution >= 0.6 is 0 Å². The molecule has 0 amide bonds. The minimum absolute atomic E-state index is 0.224. The maximum Gasteiger partial charge on any atom is 0.305 e. The Balaban J connectivity index is 1.85. The summed E-state index contributed by atoms with van der Waals surface area (Å²) in [4.78, 5) is 12.7. The van der Waals surface area contributed by atoms with Gasteiger partial charge in [-0.3, -0.25) is 4.79 Å². The molecule has 0 saturated heterocycles. The number of rotatable bonds is 6. The van der Waals surface area contributed by atoms with E-state index in [9.17, 15) is 4.79 Å². The summed E-state index contributed by atoms with van der Waals surface area (Å²) in [5.41, 5.74) is 0.546. The molecule has 0 saturated carbocycles. The third kappa shape index (κ3) is 3.98. The molecule has 0 N–H and O–H groups in total. The van der Waals surface area contributed by atoms with E-state index in [0.29, 0.717) is 17.1 Å². The highest BCUT2D eigenvalue weighted by Gasteiger charge is 2.24. The first kappa shape index (κ1) is 14.9. The van der Waals surface area contributed by atoms with Gasteiger partial charge < -0.3 is 9.47 Å². The molecule has 0 spiro atoms. The molecule has 0 radical (unpaired) electrons. The smallest absolute Gasteiger partial charge is 0.305 e. The summed E-state index contributed by atoms with van der Waals surface area (Å²) in [5, 5.41) is 0. The molecule has 0 bridgehead atoms. The van der Waals surface area contributed by atoms with Crippen molar-refractivity contribution in [1.82, 2.24) is 0 Å². The highest BCUT2D eigenvalue weighted by atomic mass is 16.7. The second-order valence-corrected chi connectivity index (χ2v) is 4.92. The SMILES string of the molecule is O=C(c1ccccc1)C(Oc1ccccc1)Oc1ccccc1. The van der Waals surface area contributed by atoms with Crippen molar-refractivity contribution in [2.45, 2.75) is 6.29 Å². The number of para-hydroxylation sites is 2. The number of hydrogen-bond acceptors (Lipinski definition) is 3. The fraction of sp³-hybridized carbons (Fsp3) is 0.0500. The Morgan fingerprint density at radius 2 is 1.00 bits per heavy atom. The van der Waals surface area contributed by atoms with Crippen molar-refractivity contribution in [3.05, 3.63) is 96.6 Å². The summed E-state index contributed by atoms with van der Waals surface area (Å²) in [5.74, 6) is 0.939. The molecular weight excluding hydrogens is 288 g/mol. The number of carbonyl (C=O) groups excluding carboxylic acids is 1. The monoisotopic (exact) mass is 304 g/mol. The lowest BCUT2D eigenvalue weighted by Crippen LogP contribution is -2.33. The van der Waals surface area contributed by atoms with Gasteiger partial charge in [-0.15, -0.1) is 0 Å². The number of hydrogen-bond donors (Lipinski definition) is 0. The number of carbonyl (C=O) groups is 1. The van der Waals surface area contributed by atoms with Crippen LogP contribution in [0.2, 0.25) is 0 Å². The van der Waals surface area contributed by atoms with Gasteiger partial charge in [0.25, 0.3) is 0 Å². The number of Topliss-reactive ketones (excluding diaryl/α,β-unsaturated/α-hetero) is 1. The van der Waals surface area contributed by atoms with E-state index in [1.807, 2.05) is 54.6 Å². The maximum absolute atomic E-state index is 12.7. The van der Waals surface area contributed by atoms with Crippen LogP contribution in [0.4, 0.5) is 0 Å². The molecule has 3 heteroatoms. The first-order valence-corrected chi connectivity index (χ1v) is 7.35. The lowest BCUT2D eigenvalue weighted by atomic mass is 10.1. The average molecular weight is 304 g/mol.